The average molecular weight is 282 g/mol. The summed E-state index contributed by atoms with van der Waals surface area (Å²) in [6.45, 7) is 2.40. The van der Waals surface area contributed by atoms with E-state index in [-0.39, 0.29) is 17.9 Å². The molecule has 4 atom stereocenters. The molecular formula is C15H26N2O3. The summed E-state index contributed by atoms with van der Waals surface area (Å²) < 4.78 is 0. The van der Waals surface area contributed by atoms with Crippen LogP contribution < -0.4 is 5.73 Å². The van der Waals surface area contributed by atoms with E-state index in [1.807, 2.05) is 6.92 Å². The van der Waals surface area contributed by atoms with Gasteiger partial charge < -0.3 is 15.7 Å². The van der Waals surface area contributed by atoms with Crippen LogP contribution >= 0.6 is 0 Å². The molecule has 114 valence electrons. The van der Waals surface area contributed by atoms with Crippen molar-refractivity contribution in [1.82, 2.24) is 4.90 Å². The maximum atomic E-state index is 12.5. The Morgan fingerprint density at radius 2 is 1.95 bits per heavy atom. The highest BCUT2D eigenvalue weighted by Crippen LogP contribution is 2.38. The number of carboxylic acid groups (broad SMARTS) is 1. The largest absolute Gasteiger partial charge is 0.480 e. The molecule has 0 spiro atoms. The van der Waals surface area contributed by atoms with Crippen LogP contribution in [0.3, 0.4) is 0 Å². The van der Waals surface area contributed by atoms with Gasteiger partial charge in [-0.15, -0.1) is 0 Å². The molecule has 1 saturated heterocycles. The number of rotatable bonds is 4. The summed E-state index contributed by atoms with van der Waals surface area (Å²) in [5.41, 5.74) is 5.59. The molecule has 0 aromatic rings. The molecule has 0 bridgehead atoms. The highest BCUT2D eigenvalue weighted by molar-refractivity contribution is 5.84. The highest BCUT2D eigenvalue weighted by Gasteiger charge is 2.43. The molecule has 1 aliphatic carbocycles. The predicted molar refractivity (Wildman–Crippen MR) is 76.1 cm³/mol. The van der Waals surface area contributed by atoms with Crippen LogP contribution in [0.4, 0.5) is 0 Å². The number of hydrogen-bond acceptors (Lipinski definition) is 3. The van der Waals surface area contributed by atoms with E-state index in [4.69, 9.17) is 5.73 Å². The van der Waals surface area contributed by atoms with Gasteiger partial charge in [-0.25, -0.2) is 4.79 Å². The first-order chi connectivity index (χ1) is 9.54. The molecule has 0 aromatic heterocycles. The molecule has 2 rings (SSSR count). The zero-order valence-corrected chi connectivity index (χ0v) is 12.3. The molecular weight excluding hydrogens is 256 g/mol. The summed E-state index contributed by atoms with van der Waals surface area (Å²) in [4.78, 5) is 25.7. The summed E-state index contributed by atoms with van der Waals surface area (Å²) in [7, 11) is 0. The summed E-state index contributed by atoms with van der Waals surface area (Å²) in [5, 5.41) is 9.42. The quantitative estimate of drug-likeness (QED) is 0.820. The van der Waals surface area contributed by atoms with Gasteiger partial charge in [-0.3, -0.25) is 4.79 Å². The van der Waals surface area contributed by atoms with E-state index in [1.54, 1.807) is 4.90 Å². The van der Waals surface area contributed by atoms with E-state index in [2.05, 4.69) is 0 Å². The third kappa shape index (κ3) is 3.14. The lowest BCUT2D eigenvalue weighted by atomic mass is 9.76. The number of amides is 1. The van der Waals surface area contributed by atoms with Gasteiger partial charge in [-0.2, -0.15) is 0 Å². The van der Waals surface area contributed by atoms with Crippen LogP contribution in [0.15, 0.2) is 0 Å². The predicted octanol–water partition coefficient (Wildman–Crippen LogP) is 1.61. The Bertz CT molecular complexity index is 372. The van der Waals surface area contributed by atoms with E-state index < -0.39 is 12.0 Å². The van der Waals surface area contributed by atoms with Crippen LogP contribution in [0.1, 0.15) is 51.9 Å². The van der Waals surface area contributed by atoms with Crippen molar-refractivity contribution < 1.29 is 14.7 Å². The summed E-state index contributed by atoms with van der Waals surface area (Å²) in [5.74, 6) is -0.271. The van der Waals surface area contributed by atoms with Crippen LogP contribution in [0.2, 0.25) is 0 Å². The zero-order chi connectivity index (χ0) is 14.7. The van der Waals surface area contributed by atoms with Crippen molar-refractivity contribution in [1.29, 1.82) is 0 Å². The van der Waals surface area contributed by atoms with E-state index in [1.165, 1.54) is 6.42 Å². The van der Waals surface area contributed by atoms with Gasteiger partial charge >= 0.3 is 5.97 Å². The minimum absolute atomic E-state index is 0.0213. The number of likely N-dealkylation sites (tertiary alicyclic amines) is 1. The van der Waals surface area contributed by atoms with Gasteiger partial charge in [-0.05, 0) is 44.1 Å². The highest BCUT2D eigenvalue weighted by atomic mass is 16.4. The molecule has 4 unspecified atom stereocenters. The standard InChI is InChI=1S/C15H26N2O3/c1-10(9-16)8-14(18)17-12-5-3-2-4-11(12)6-7-13(17)15(19)20/h10-13H,2-9,16H2,1H3,(H,19,20). The number of nitrogens with zero attached hydrogens (tertiary/aromatic N) is 1. The lowest BCUT2D eigenvalue weighted by molar-refractivity contribution is -0.158. The van der Waals surface area contributed by atoms with Crippen molar-refractivity contribution in [2.45, 2.75) is 64.0 Å². The molecule has 2 fully saturated rings. The van der Waals surface area contributed by atoms with Gasteiger partial charge in [0.25, 0.3) is 0 Å². The third-order valence-electron chi connectivity index (χ3n) is 4.87. The van der Waals surface area contributed by atoms with Crippen molar-refractivity contribution in [3.05, 3.63) is 0 Å². The Balaban J connectivity index is 2.16. The minimum atomic E-state index is -0.859. The summed E-state index contributed by atoms with van der Waals surface area (Å²) in [6.07, 6.45) is 6.30. The maximum absolute atomic E-state index is 12.5. The van der Waals surface area contributed by atoms with Crippen LogP contribution in [0.5, 0.6) is 0 Å². The van der Waals surface area contributed by atoms with Crippen molar-refractivity contribution in [2.24, 2.45) is 17.6 Å². The number of nitrogens with two attached hydrogens (primary N) is 1. The third-order valence-corrected chi connectivity index (χ3v) is 4.87. The molecule has 1 aliphatic heterocycles. The van der Waals surface area contributed by atoms with Crippen molar-refractivity contribution in [3.63, 3.8) is 0 Å². The maximum Gasteiger partial charge on any atom is 0.326 e. The first-order valence-corrected chi connectivity index (χ1v) is 7.78. The number of carbonyl (C=O) groups excluding carboxylic acids is 1. The second-order valence-corrected chi connectivity index (χ2v) is 6.39. The Kier molecular flexibility index (Phi) is 5.02. The molecule has 1 heterocycles. The average Bonchev–Trinajstić information content (AvgIpc) is 2.45. The molecule has 3 N–H and O–H groups in total. The van der Waals surface area contributed by atoms with Gasteiger partial charge in [0.15, 0.2) is 0 Å². The van der Waals surface area contributed by atoms with Crippen LogP contribution in [-0.2, 0) is 9.59 Å². The van der Waals surface area contributed by atoms with Gasteiger partial charge in [0.05, 0.1) is 0 Å². The molecule has 0 aromatic carbocycles. The number of piperidine rings is 1. The van der Waals surface area contributed by atoms with Gasteiger partial charge in [-0.1, -0.05) is 19.8 Å². The first kappa shape index (κ1) is 15.3. The Morgan fingerprint density at radius 1 is 1.25 bits per heavy atom. The number of carboxylic acids is 1. The van der Waals surface area contributed by atoms with E-state index in [9.17, 15) is 14.7 Å². The summed E-state index contributed by atoms with van der Waals surface area (Å²) in [6, 6.07) is -0.497. The van der Waals surface area contributed by atoms with Gasteiger partial charge in [0.2, 0.25) is 5.91 Å². The van der Waals surface area contributed by atoms with Gasteiger partial charge in [0, 0.05) is 12.5 Å². The van der Waals surface area contributed by atoms with E-state index in [0.29, 0.717) is 25.3 Å². The SMILES string of the molecule is CC(CN)CC(=O)N1C(C(=O)O)CCC2CCCCC21. The normalized spacial score (nSPS) is 31.5. The Labute approximate surface area is 120 Å². The fourth-order valence-corrected chi connectivity index (χ4v) is 3.72. The summed E-state index contributed by atoms with van der Waals surface area (Å²) >= 11 is 0. The molecule has 1 saturated carbocycles. The molecule has 5 heteroatoms. The number of carbonyl (C=O) groups is 2. The number of fused-ring (bicyclic) bond motifs is 1. The van der Waals surface area contributed by atoms with Gasteiger partial charge in [0.1, 0.15) is 6.04 Å². The van der Waals surface area contributed by atoms with E-state index >= 15 is 0 Å². The molecule has 5 nitrogen and oxygen atoms in total. The fourth-order valence-electron chi connectivity index (χ4n) is 3.72. The lowest BCUT2D eigenvalue weighted by Gasteiger charge is -2.47. The van der Waals surface area contributed by atoms with Crippen LogP contribution in [-0.4, -0.2) is 40.5 Å². The zero-order valence-electron chi connectivity index (χ0n) is 12.3. The van der Waals surface area contributed by atoms with Crippen molar-refractivity contribution in [3.8, 4) is 0 Å². The fraction of sp³-hybridized carbons (Fsp3) is 0.867. The second kappa shape index (κ2) is 6.57. The lowest BCUT2D eigenvalue weighted by Crippen LogP contribution is -2.57. The Morgan fingerprint density at radius 3 is 2.60 bits per heavy atom. The van der Waals surface area contributed by atoms with Crippen molar-refractivity contribution in [2.75, 3.05) is 6.54 Å². The molecule has 2 aliphatic rings. The molecule has 20 heavy (non-hydrogen) atoms. The number of aliphatic carboxylic acids is 1. The first-order valence-electron chi connectivity index (χ1n) is 7.78. The second-order valence-electron chi connectivity index (χ2n) is 6.39. The van der Waals surface area contributed by atoms with E-state index in [0.717, 1.165) is 25.7 Å². The minimum Gasteiger partial charge on any atom is -0.480 e. The molecule has 1 amide bonds. The number of hydrogen-bond donors (Lipinski definition) is 2. The Hall–Kier alpha value is -1.10. The van der Waals surface area contributed by atoms with Crippen molar-refractivity contribution >= 4 is 11.9 Å². The smallest absolute Gasteiger partial charge is 0.326 e. The molecule has 0 radical (unpaired) electrons. The topological polar surface area (TPSA) is 83.6 Å². The monoisotopic (exact) mass is 282 g/mol. The van der Waals surface area contributed by atoms with Crippen LogP contribution in [0.25, 0.3) is 0 Å². The van der Waals surface area contributed by atoms with Crippen LogP contribution in [0, 0.1) is 11.8 Å².